The minimum atomic E-state index is -0.536. The first-order valence-electron chi connectivity index (χ1n) is 9.14. The van der Waals surface area contributed by atoms with E-state index in [1.54, 1.807) is 0 Å². The Morgan fingerprint density at radius 2 is 1.93 bits per heavy atom. The SMILES string of the molecule is Cc1cccn2cc(-c3ccccc3NC(=O)CCn3ccc(=O)[nH]c3=O)nc12. The molecule has 8 nitrogen and oxygen atoms in total. The molecular formula is C21H19N5O3. The monoisotopic (exact) mass is 389 g/mol. The number of pyridine rings is 1. The number of imidazole rings is 1. The Hall–Kier alpha value is -3.94. The Bertz CT molecular complexity index is 1320. The zero-order valence-corrected chi connectivity index (χ0v) is 15.8. The lowest BCUT2D eigenvalue weighted by Gasteiger charge is -2.10. The van der Waals surface area contributed by atoms with Gasteiger partial charge in [0.1, 0.15) is 5.65 Å². The summed E-state index contributed by atoms with van der Waals surface area (Å²) in [6.45, 7) is 2.16. The van der Waals surface area contributed by atoms with Gasteiger partial charge in [0.2, 0.25) is 5.91 Å². The average molecular weight is 389 g/mol. The van der Waals surface area contributed by atoms with Crippen LogP contribution in [0.15, 0.2) is 70.6 Å². The third-order valence-corrected chi connectivity index (χ3v) is 4.63. The number of anilines is 1. The summed E-state index contributed by atoms with van der Waals surface area (Å²) in [5.41, 5.74) is 3.13. The van der Waals surface area contributed by atoms with E-state index in [2.05, 4.69) is 10.3 Å². The molecule has 3 heterocycles. The Balaban J connectivity index is 1.55. The second-order valence-corrected chi connectivity index (χ2v) is 6.70. The number of benzene rings is 1. The fourth-order valence-electron chi connectivity index (χ4n) is 3.15. The van der Waals surface area contributed by atoms with Crippen molar-refractivity contribution in [1.82, 2.24) is 18.9 Å². The van der Waals surface area contributed by atoms with Gasteiger partial charge in [0.25, 0.3) is 5.56 Å². The largest absolute Gasteiger partial charge is 0.328 e. The number of hydrogen-bond donors (Lipinski definition) is 2. The maximum absolute atomic E-state index is 12.4. The van der Waals surface area contributed by atoms with Gasteiger partial charge >= 0.3 is 5.69 Å². The van der Waals surface area contributed by atoms with E-state index in [0.29, 0.717) is 5.69 Å². The Morgan fingerprint density at radius 3 is 2.72 bits per heavy atom. The Kier molecular flexibility index (Phi) is 4.82. The summed E-state index contributed by atoms with van der Waals surface area (Å²) < 4.78 is 3.24. The number of aromatic nitrogens is 4. The van der Waals surface area contributed by atoms with Crippen LogP contribution in [0.2, 0.25) is 0 Å². The lowest BCUT2D eigenvalue weighted by molar-refractivity contribution is -0.116. The standard InChI is InChI=1S/C21H19N5O3/c1-14-5-4-10-26-13-17(23-20(14)26)15-6-2-3-7-16(15)22-18(27)8-11-25-12-9-19(28)24-21(25)29/h2-7,9-10,12-13H,8,11H2,1H3,(H,22,27)(H,24,28,29). The van der Waals surface area contributed by atoms with Crippen LogP contribution in [0.3, 0.4) is 0 Å². The van der Waals surface area contributed by atoms with Crippen LogP contribution >= 0.6 is 0 Å². The highest BCUT2D eigenvalue weighted by Gasteiger charge is 2.12. The summed E-state index contributed by atoms with van der Waals surface area (Å²) >= 11 is 0. The molecule has 4 rings (SSSR count). The van der Waals surface area contributed by atoms with Gasteiger partial charge in [-0.15, -0.1) is 0 Å². The number of nitrogens with zero attached hydrogens (tertiary/aromatic N) is 3. The van der Waals surface area contributed by atoms with Gasteiger partial charge in [0, 0.05) is 43.2 Å². The molecule has 0 fully saturated rings. The minimum Gasteiger partial charge on any atom is -0.325 e. The number of nitrogens with one attached hydrogen (secondary N) is 2. The maximum Gasteiger partial charge on any atom is 0.328 e. The molecule has 0 aliphatic heterocycles. The van der Waals surface area contributed by atoms with Crippen LogP contribution in [0.1, 0.15) is 12.0 Å². The predicted octanol–water partition coefficient (Wildman–Crippen LogP) is 2.19. The molecule has 0 spiro atoms. The van der Waals surface area contributed by atoms with Gasteiger partial charge in [-0.1, -0.05) is 24.3 Å². The molecule has 0 atom stereocenters. The summed E-state index contributed by atoms with van der Waals surface area (Å²) in [6, 6.07) is 12.7. The van der Waals surface area contributed by atoms with E-state index < -0.39 is 11.2 Å². The molecule has 3 aromatic heterocycles. The van der Waals surface area contributed by atoms with Crippen molar-refractivity contribution < 1.29 is 4.79 Å². The first kappa shape index (κ1) is 18.4. The molecular weight excluding hydrogens is 370 g/mol. The molecule has 8 heteroatoms. The highest BCUT2D eigenvalue weighted by Crippen LogP contribution is 2.28. The molecule has 4 aromatic rings. The molecule has 0 aliphatic rings. The molecule has 0 saturated heterocycles. The zero-order valence-electron chi connectivity index (χ0n) is 15.8. The van der Waals surface area contributed by atoms with Crippen LogP contribution in [-0.4, -0.2) is 24.8 Å². The molecule has 0 bridgehead atoms. The van der Waals surface area contributed by atoms with Gasteiger partial charge in [0.05, 0.1) is 11.4 Å². The summed E-state index contributed by atoms with van der Waals surface area (Å²) in [6.07, 6.45) is 5.32. The van der Waals surface area contributed by atoms with Crippen LogP contribution in [-0.2, 0) is 11.3 Å². The lowest BCUT2D eigenvalue weighted by atomic mass is 10.1. The van der Waals surface area contributed by atoms with Crippen molar-refractivity contribution >= 4 is 17.2 Å². The predicted molar refractivity (Wildman–Crippen MR) is 110 cm³/mol. The second-order valence-electron chi connectivity index (χ2n) is 6.70. The fourth-order valence-corrected chi connectivity index (χ4v) is 3.15. The zero-order chi connectivity index (χ0) is 20.4. The van der Waals surface area contributed by atoms with E-state index in [0.717, 1.165) is 22.5 Å². The van der Waals surface area contributed by atoms with Crippen LogP contribution in [0, 0.1) is 6.92 Å². The van der Waals surface area contributed by atoms with E-state index >= 15 is 0 Å². The quantitative estimate of drug-likeness (QED) is 0.546. The normalized spacial score (nSPS) is 10.9. The average Bonchev–Trinajstić information content (AvgIpc) is 3.13. The van der Waals surface area contributed by atoms with Gasteiger partial charge in [-0.05, 0) is 24.6 Å². The van der Waals surface area contributed by atoms with Crippen molar-refractivity contribution in [3.63, 3.8) is 0 Å². The van der Waals surface area contributed by atoms with Gasteiger partial charge in [0.15, 0.2) is 0 Å². The van der Waals surface area contributed by atoms with Crippen molar-refractivity contribution in [2.75, 3.05) is 5.32 Å². The first-order valence-corrected chi connectivity index (χ1v) is 9.14. The number of aryl methyl sites for hydroxylation is 2. The van der Waals surface area contributed by atoms with Crippen LogP contribution in [0.25, 0.3) is 16.9 Å². The summed E-state index contributed by atoms with van der Waals surface area (Å²) in [4.78, 5) is 42.2. The molecule has 29 heavy (non-hydrogen) atoms. The fraction of sp³-hybridized carbons (Fsp3) is 0.143. The third-order valence-electron chi connectivity index (χ3n) is 4.63. The van der Waals surface area contributed by atoms with E-state index in [-0.39, 0.29) is 18.9 Å². The summed E-state index contributed by atoms with van der Waals surface area (Å²) in [5.74, 6) is -0.240. The molecule has 0 aliphatic carbocycles. The van der Waals surface area contributed by atoms with Crippen LogP contribution in [0.5, 0.6) is 0 Å². The van der Waals surface area contributed by atoms with E-state index in [1.165, 1.54) is 16.8 Å². The van der Waals surface area contributed by atoms with Gasteiger partial charge in [-0.2, -0.15) is 0 Å². The molecule has 0 unspecified atom stereocenters. The molecule has 2 N–H and O–H groups in total. The van der Waals surface area contributed by atoms with Gasteiger partial charge in [-0.3, -0.25) is 14.6 Å². The third kappa shape index (κ3) is 3.86. The van der Waals surface area contributed by atoms with E-state index in [4.69, 9.17) is 4.98 Å². The van der Waals surface area contributed by atoms with Crippen molar-refractivity contribution in [2.24, 2.45) is 0 Å². The molecule has 0 radical (unpaired) electrons. The number of carbonyl (C=O) groups excluding carboxylic acids is 1. The minimum absolute atomic E-state index is 0.0879. The highest BCUT2D eigenvalue weighted by molar-refractivity contribution is 5.95. The van der Waals surface area contributed by atoms with Crippen molar-refractivity contribution in [2.45, 2.75) is 19.9 Å². The van der Waals surface area contributed by atoms with E-state index in [9.17, 15) is 14.4 Å². The number of hydrogen-bond acceptors (Lipinski definition) is 4. The summed E-state index contributed by atoms with van der Waals surface area (Å²) in [5, 5.41) is 2.89. The smallest absolute Gasteiger partial charge is 0.325 e. The van der Waals surface area contributed by atoms with Crippen LogP contribution < -0.4 is 16.6 Å². The Labute approximate surface area is 165 Å². The molecule has 1 amide bonds. The van der Waals surface area contributed by atoms with Crippen molar-refractivity contribution in [1.29, 1.82) is 0 Å². The number of rotatable bonds is 5. The molecule has 146 valence electrons. The maximum atomic E-state index is 12.4. The Morgan fingerprint density at radius 1 is 1.10 bits per heavy atom. The number of fused-ring (bicyclic) bond motifs is 1. The van der Waals surface area contributed by atoms with E-state index in [1.807, 2.05) is 60.1 Å². The number of aromatic amines is 1. The lowest BCUT2D eigenvalue weighted by Crippen LogP contribution is -2.29. The van der Waals surface area contributed by atoms with Crippen molar-refractivity contribution in [3.8, 4) is 11.3 Å². The molecule has 1 aromatic carbocycles. The van der Waals surface area contributed by atoms with Gasteiger partial charge < -0.3 is 14.3 Å². The summed E-state index contributed by atoms with van der Waals surface area (Å²) in [7, 11) is 0. The second kappa shape index (κ2) is 7.59. The van der Waals surface area contributed by atoms with Crippen molar-refractivity contribution in [3.05, 3.63) is 87.5 Å². The first-order chi connectivity index (χ1) is 14.0. The molecule has 0 saturated carbocycles. The van der Waals surface area contributed by atoms with Crippen LogP contribution in [0.4, 0.5) is 5.69 Å². The van der Waals surface area contributed by atoms with Gasteiger partial charge in [-0.25, -0.2) is 9.78 Å². The topological polar surface area (TPSA) is 101 Å². The number of amides is 1. The number of carbonyl (C=O) groups is 1. The number of H-pyrrole nitrogens is 1. The highest BCUT2D eigenvalue weighted by atomic mass is 16.2. The number of para-hydroxylation sites is 1.